The van der Waals surface area contributed by atoms with Crippen molar-refractivity contribution < 1.29 is 9.53 Å². The second-order valence-electron chi connectivity index (χ2n) is 10.2. The number of piperazine rings is 1. The minimum absolute atomic E-state index is 0.117. The van der Waals surface area contributed by atoms with Crippen molar-refractivity contribution in [2.45, 2.75) is 33.1 Å². The molecule has 4 aromatic rings. The number of hydrogen-bond acceptors (Lipinski definition) is 6. The number of amides is 1. The smallest absolute Gasteiger partial charge is 0.254 e. The van der Waals surface area contributed by atoms with Crippen molar-refractivity contribution in [3.63, 3.8) is 0 Å². The second-order valence-corrected chi connectivity index (χ2v) is 11.3. The highest BCUT2D eigenvalue weighted by molar-refractivity contribution is 7.19. The van der Waals surface area contributed by atoms with Gasteiger partial charge in [-0.1, -0.05) is 25.1 Å². The van der Waals surface area contributed by atoms with Crippen molar-refractivity contribution in [3.05, 3.63) is 70.1 Å². The van der Waals surface area contributed by atoms with E-state index in [4.69, 9.17) is 14.7 Å². The van der Waals surface area contributed by atoms with Crippen molar-refractivity contribution in [1.82, 2.24) is 14.9 Å². The molecule has 6 nitrogen and oxygen atoms in total. The van der Waals surface area contributed by atoms with Crippen LogP contribution in [0.3, 0.4) is 0 Å². The highest BCUT2D eigenvalue weighted by Crippen LogP contribution is 2.42. The van der Waals surface area contributed by atoms with Gasteiger partial charge in [-0.25, -0.2) is 9.97 Å². The molecule has 6 rings (SSSR count). The molecule has 7 heteroatoms. The summed E-state index contributed by atoms with van der Waals surface area (Å²) >= 11 is 1.84. The lowest BCUT2D eigenvalue weighted by Crippen LogP contribution is -2.49. The van der Waals surface area contributed by atoms with E-state index in [1.54, 1.807) is 7.11 Å². The fourth-order valence-electron chi connectivity index (χ4n) is 5.53. The van der Waals surface area contributed by atoms with E-state index in [2.05, 4.69) is 11.8 Å². The quantitative estimate of drug-likeness (QED) is 0.348. The first kappa shape index (κ1) is 23.9. The standard InChI is InChI=1S/C30H32N4O2S/c1-19-8-13-24-25(18-19)37-29-26(24)28(31-27(32-29)21-9-11-22(36-3)12-10-21)33-14-16-34(17-15-33)30(35)23-7-5-4-6-20(23)2/h4-7,9-12,19H,8,13-18H2,1-3H3. The number of aryl methyl sites for hydroxylation is 2. The van der Waals surface area contributed by atoms with Crippen LogP contribution in [0.25, 0.3) is 21.6 Å². The number of nitrogens with zero attached hydrogens (tertiary/aromatic N) is 4. The molecule has 2 aliphatic rings. The zero-order valence-corrected chi connectivity index (χ0v) is 22.5. The predicted molar refractivity (Wildman–Crippen MR) is 150 cm³/mol. The molecule has 0 saturated carbocycles. The molecule has 0 radical (unpaired) electrons. The third-order valence-electron chi connectivity index (χ3n) is 7.73. The molecule has 3 heterocycles. The number of fused-ring (bicyclic) bond motifs is 3. The van der Waals surface area contributed by atoms with Crippen molar-refractivity contribution in [2.75, 3.05) is 38.2 Å². The molecule has 1 fully saturated rings. The summed E-state index contributed by atoms with van der Waals surface area (Å²) in [5, 5.41) is 1.22. The second kappa shape index (κ2) is 9.78. The Labute approximate surface area is 221 Å². The van der Waals surface area contributed by atoms with Gasteiger partial charge in [-0.15, -0.1) is 11.3 Å². The van der Waals surface area contributed by atoms with Crippen LogP contribution in [0.4, 0.5) is 5.82 Å². The first-order chi connectivity index (χ1) is 18.0. The normalized spacial score (nSPS) is 17.6. The van der Waals surface area contributed by atoms with Crippen LogP contribution in [0.15, 0.2) is 48.5 Å². The van der Waals surface area contributed by atoms with Crippen LogP contribution in [0, 0.1) is 12.8 Å². The SMILES string of the molecule is COc1ccc(-c2nc(N3CCN(C(=O)c4ccccc4C)CC3)c3c4c(sc3n2)CC(C)CC4)cc1. The molecule has 2 aromatic heterocycles. The van der Waals surface area contributed by atoms with E-state index in [0.29, 0.717) is 19.0 Å². The van der Waals surface area contributed by atoms with Crippen LogP contribution in [0.5, 0.6) is 5.75 Å². The van der Waals surface area contributed by atoms with Gasteiger partial charge in [-0.3, -0.25) is 4.79 Å². The number of hydrogen-bond donors (Lipinski definition) is 0. The van der Waals surface area contributed by atoms with Crippen LogP contribution in [0.2, 0.25) is 0 Å². The fourth-order valence-corrected chi connectivity index (χ4v) is 6.90. The van der Waals surface area contributed by atoms with Crippen molar-refractivity contribution in [2.24, 2.45) is 5.92 Å². The summed E-state index contributed by atoms with van der Waals surface area (Å²) in [6, 6.07) is 15.8. The number of aromatic nitrogens is 2. The van der Waals surface area contributed by atoms with Gasteiger partial charge >= 0.3 is 0 Å². The molecule has 37 heavy (non-hydrogen) atoms. The Bertz CT molecular complexity index is 1450. The Balaban J connectivity index is 1.35. The van der Waals surface area contributed by atoms with E-state index in [1.807, 2.05) is 71.7 Å². The molecule has 0 spiro atoms. The summed E-state index contributed by atoms with van der Waals surface area (Å²) in [5.74, 6) is 3.40. The molecular weight excluding hydrogens is 480 g/mol. The average molecular weight is 513 g/mol. The zero-order chi connectivity index (χ0) is 25.5. The predicted octanol–water partition coefficient (Wildman–Crippen LogP) is 5.76. The zero-order valence-electron chi connectivity index (χ0n) is 21.7. The summed E-state index contributed by atoms with van der Waals surface area (Å²) in [4.78, 5) is 30.3. The minimum atomic E-state index is 0.117. The summed E-state index contributed by atoms with van der Waals surface area (Å²) in [6.45, 7) is 7.22. The molecule has 2 aromatic carbocycles. The average Bonchev–Trinajstić information content (AvgIpc) is 3.30. The maximum atomic E-state index is 13.2. The number of anilines is 1. The Morgan fingerprint density at radius 1 is 1.03 bits per heavy atom. The first-order valence-electron chi connectivity index (χ1n) is 13.1. The molecule has 1 aliphatic carbocycles. The largest absolute Gasteiger partial charge is 0.497 e. The summed E-state index contributed by atoms with van der Waals surface area (Å²) in [5.41, 5.74) is 4.24. The van der Waals surface area contributed by atoms with Gasteiger partial charge in [0.2, 0.25) is 0 Å². The number of carbonyl (C=O) groups is 1. The minimum Gasteiger partial charge on any atom is -0.497 e. The summed E-state index contributed by atoms with van der Waals surface area (Å²) < 4.78 is 5.35. The van der Waals surface area contributed by atoms with E-state index in [9.17, 15) is 4.79 Å². The lowest BCUT2D eigenvalue weighted by molar-refractivity contribution is 0.0746. The van der Waals surface area contributed by atoms with Crippen LogP contribution in [-0.2, 0) is 12.8 Å². The molecule has 1 aliphatic heterocycles. The van der Waals surface area contributed by atoms with Gasteiger partial charge in [-0.05, 0) is 73.6 Å². The van der Waals surface area contributed by atoms with Gasteiger partial charge in [0.05, 0.1) is 12.5 Å². The number of ether oxygens (including phenoxy) is 1. The van der Waals surface area contributed by atoms with E-state index < -0.39 is 0 Å². The molecule has 1 unspecified atom stereocenters. The van der Waals surface area contributed by atoms with Crippen LogP contribution in [0.1, 0.15) is 39.7 Å². The summed E-state index contributed by atoms with van der Waals surface area (Å²) in [7, 11) is 1.68. The number of rotatable bonds is 4. The van der Waals surface area contributed by atoms with E-state index >= 15 is 0 Å². The van der Waals surface area contributed by atoms with Crippen molar-refractivity contribution in [3.8, 4) is 17.1 Å². The molecule has 1 saturated heterocycles. The van der Waals surface area contributed by atoms with E-state index in [-0.39, 0.29) is 5.91 Å². The van der Waals surface area contributed by atoms with Gasteiger partial charge in [0.25, 0.3) is 5.91 Å². The Hall–Kier alpha value is -3.45. The Morgan fingerprint density at radius 2 is 1.78 bits per heavy atom. The lowest BCUT2D eigenvalue weighted by atomic mass is 9.89. The lowest BCUT2D eigenvalue weighted by Gasteiger charge is -2.36. The highest BCUT2D eigenvalue weighted by atomic mass is 32.1. The van der Waals surface area contributed by atoms with Gasteiger partial charge in [0.1, 0.15) is 16.4 Å². The number of methoxy groups -OCH3 is 1. The number of benzene rings is 2. The molecule has 190 valence electrons. The van der Waals surface area contributed by atoms with Crippen molar-refractivity contribution >= 4 is 33.3 Å². The number of thiophene rings is 1. The molecular formula is C30H32N4O2S. The number of carbonyl (C=O) groups excluding carboxylic acids is 1. The first-order valence-corrected chi connectivity index (χ1v) is 13.9. The third kappa shape index (κ3) is 4.46. The van der Waals surface area contributed by atoms with Crippen LogP contribution >= 0.6 is 11.3 Å². The monoisotopic (exact) mass is 512 g/mol. The molecule has 1 atom stereocenters. The van der Waals surface area contributed by atoms with Gasteiger partial charge in [0.15, 0.2) is 5.82 Å². The summed E-state index contributed by atoms with van der Waals surface area (Å²) in [6.07, 6.45) is 3.41. The maximum Gasteiger partial charge on any atom is 0.254 e. The molecule has 0 N–H and O–H groups in total. The van der Waals surface area contributed by atoms with E-state index in [0.717, 1.165) is 64.8 Å². The third-order valence-corrected chi connectivity index (χ3v) is 8.87. The fraction of sp³-hybridized carbons (Fsp3) is 0.367. The highest BCUT2D eigenvalue weighted by Gasteiger charge is 2.29. The van der Waals surface area contributed by atoms with Gasteiger partial charge in [0, 0.05) is 42.2 Å². The van der Waals surface area contributed by atoms with E-state index in [1.165, 1.54) is 22.2 Å². The van der Waals surface area contributed by atoms with Gasteiger partial charge in [-0.2, -0.15) is 0 Å². The topological polar surface area (TPSA) is 58.6 Å². The Morgan fingerprint density at radius 3 is 2.51 bits per heavy atom. The van der Waals surface area contributed by atoms with Crippen LogP contribution < -0.4 is 9.64 Å². The molecule has 0 bridgehead atoms. The van der Waals surface area contributed by atoms with Crippen molar-refractivity contribution in [1.29, 1.82) is 0 Å². The Kier molecular flexibility index (Phi) is 6.32. The maximum absolute atomic E-state index is 13.2. The molecule has 1 amide bonds. The van der Waals surface area contributed by atoms with Gasteiger partial charge < -0.3 is 14.5 Å². The van der Waals surface area contributed by atoms with Crippen LogP contribution in [-0.4, -0.2) is 54.1 Å².